The van der Waals surface area contributed by atoms with Crippen LogP contribution in [0, 0.1) is 0 Å². The molecule has 2 rings (SSSR count). The van der Waals surface area contributed by atoms with Gasteiger partial charge in [-0.15, -0.1) is 10.2 Å². The Hall–Kier alpha value is -1.46. The van der Waals surface area contributed by atoms with Crippen molar-refractivity contribution in [3.8, 4) is 0 Å². The second-order valence-corrected chi connectivity index (χ2v) is 5.51. The van der Waals surface area contributed by atoms with Gasteiger partial charge in [-0.1, -0.05) is 36.8 Å². The smallest absolute Gasteiger partial charge is 0.257 e. The summed E-state index contributed by atoms with van der Waals surface area (Å²) < 4.78 is 0. The van der Waals surface area contributed by atoms with Gasteiger partial charge in [-0.3, -0.25) is 10.1 Å². The highest BCUT2D eigenvalue weighted by molar-refractivity contribution is 7.15. The third-order valence-electron chi connectivity index (χ3n) is 2.26. The molecule has 0 bridgehead atoms. The summed E-state index contributed by atoms with van der Waals surface area (Å²) in [6.45, 7) is 4.07. The van der Waals surface area contributed by atoms with Crippen LogP contribution < -0.4 is 5.32 Å². The Bertz CT molecular complexity index is 551. The van der Waals surface area contributed by atoms with Crippen LogP contribution in [0.25, 0.3) is 0 Å². The van der Waals surface area contributed by atoms with Crippen LogP contribution in [0.2, 0.25) is 5.02 Å². The molecule has 0 saturated heterocycles. The van der Waals surface area contributed by atoms with Gasteiger partial charge in [0.05, 0.1) is 0 Å². The first-order valence-corrected chi connectivity index (χ1v) is 6.66. The van der Waals surface area contributed by atoms with Gasteiger partial charge in [0.1, 0.15) is 5.01 Å². The number of amides is 1. The highest BCUT2D eigenvalue weighted by atomic mass is 35.5. The van der Waals surface area contributed by atoms with Gasteiger partial charge in [0, 0.05) is 16.5 Å². The summed E-state index contributed by atoms with van der Waals surface area (Å²) in [6, 6.07) is 6.69. The molecule has 4 nitrogen and oxygen atoms in total. The SMILES string of the molecule is CC(C)c1nnc(NC(=O)c2ccc(Cl)cc2)s1. The van der Waals surface area contributed by atoms with Crippen molar-refractivity contribution in [2.75, 3.05) is 5.32 Å². The van der Waals surface area contributed by atoms with Gasteiger partial charge in [0.2, 0.25) is 5.13 Å². The number of hydrogen-bond acceptors (Lipinski definition) is 4. The largest absolute Gasteiger partial charge is 0.296 e. The van der Waals surface area contributed by atoms with E-state index in [1.165, 1.54) is 11.3 Å². The van der Waals surface area contributed by atoms with Crippen LogP contribution in [0.4, 0.5) is 5.13 Å². The number of halogens is 1. The normalized spacial score (nSPS) is 10.7. The van der Waals surface area contributed by atoms with E-state index in [1.54, 1.807) is 24.3 Å². The number of nitrogens with one attached hydrogen (secondary N) is 1. The summed E-state index contributed by atoms with van der Waals surface area (Å²) in [6.07, 6.45) is 0. The van der Waals surface area contributed by atoms with E-state index in [9.17, 15) is 4.79 Å². The predicted molar refractivity (Wildman–Crippen MR) is 73.4 cm³/mol. The number of carbonyl (C=O) groups is 1. The van der Waals surface area contributed by atoms with Crippen molar-refractivity contribution in [1.82, 2.24) is 10.2 Å². The monoisotopic (exact) mass is 281 g/mol. The number of hydrogen-bond donors (Lipinski definition) is 1. The molecule has 1 heterocycles. The van der Waals surface area contributed by atoms with E-state index in [2.05, 4.69) is 15.5 Å². The van der Waals surface area contributed by atoms with Gasteiger partial charge in [0.15, 0.2) is 0 Å². The van der Waals surface area contributed by atoms with E-state index in [0.29, 0.717) is 21.6 Å². The van der Waals surface area contributed by atoms with E-state index in [1.807, 2.05) is 13.8 Å². The first kappa shape index (κ1) is 13.0. The van der Waals surface area contributed by atoms with E-state index in [-0.39, 0.29) is 5.91 Å². The number of benzene rings is 1. The summed E-state index contributed by atoms with van der Waals surface area (Å²) in [5, 5.41) is 12.7. The fraction of sp³-hybridized carbons (Fsp3) is 0.250. The molecule has 2 aromatic rings. The van der Waals surface area contributed by atoms with E-state index < -0.39 is 0 Å². The minimum atomic E-state index is -0.210. The Morgan fingerprint density at radius 3 is 2.50 bits per heavy atom. The molecule has 0 aliphatic rings. The van der Waals surface area contributed by atoms with Gasteiger partial charge in [-0.05, 0) is 24.3 Å². The predicted octanol–water partition coefficient (Wildman–Crippen LogP) is 3.57. The van der Waals surface area contributed by atoms with Crippen molar-refractivity contribution in [3.05, 3.63) is 39.9 Å². The molecule has 1 aromatic carbocycles. The van der Waals surface area contributed by atoms with Crippen molar-refractivity contribution in [2.45, 2.75) is 19.8 Å². The summed E-state index contributed by atoms with van der Waals surface area (Å²) in [5.41, 5.74) is 0.542. The highest BCUT2D eigenvalue weighted by Gasteiger charge is 2.11. The molecule has 1 aromatic heterocycles. The lowest BCUT2D eigenvalue weighted by Crippen LogP contribution is -2.11. The maximum absolute atomic E-state index is 11.9. The molecule has 94 valence electrons. The Balaban J connectivity index is 2.08. The fourth-order valence-electron chi connectivity index (χ4n) is 1.29. The van der Waals surface area contributed by atoms with Crippen LogP contribution in [0.1, 0.15) is 35.1 Å². The molecule has 1 N–H and O–H groups in total. The third kappa shape index (κ3) is 3.05. The second-order valence-electron chi connectivity index (χ2n) is 4.06. The minimum absolute atomic E-state index is 0.210. The third-order valence-corrected chi connectivity index (χ3v) is 3.65. The number of anilines is 1. The van der Waals surface area contributed by atoms with Crippen molar-refractivity contribution in [3.63, 3.8) is 0 Å². The van der Waals surface area contributed by atoms with Crippen molar-refractivity contribution < 1.29 is 4.79 Å². The Labute approximate surface area is 114 Å². The number of nitrogens with zero attached hydrogens (tertiary/aromatic N) is 2. The molecule has 0 spiro atoms. The summed E-state index contributed by atoms with van der Waals surface area (Å²) in [5.74, 6) is 0.0989. The average molecular weight is 282 g/mol. The number of carbonyl (C=O) groups excluding carboxylic acids is 1. The molecular weight excluding hydrogens is 270 g/mol. The van der Waals surface area contributed by atoms with Crippen LogP contribution in [0.15, 0.2) is 24.3 Å². The molecule has 0 aliphatic carbocycles. The lowest BCUT2D eigenvalue weighted by Gasteiger charge is -2.00. The van der Waals surface area contributed by atoms with Crippen LogP contribution in [-0.2, 0) is 0 Å². The van der Waals surface area contributed by atoms with Gasteiger partial charge >= 0.3 is 0 Å². The maximum atomic E-state index is 11.9. The van der Waals surface area contributed by atoms with Gasteiger partial charge < -0.3 is 0 Å². The van der Waals surface area contributed by atoms with E-state index >= 15 is 0 Å². The lowest BCUT2D eigenvalue weighted by atomic mass is 10.2. The second kappa shape index (κ2) is 5.46. The first-order chi connectivity index (χ1) is 8.56. The number of rotatable bonds is 3. The summed E-state index contributed by atoms with van der Waals surface area (Å²) in [4.78, 5) is 11.9. The summed E-state index contributed by atoms with van der Waals surface area (Å²) >= 11 is 7.15. The topological polar surface area (TPSA) is 54.9 Å². The lowest BCUT2D eigenvalue weighted by molar-refractivity contribution is 0.102. The molecular formula is C12H12ClN3OS. The quantitative estimate of drug-likeness (QED) is 0.936. The molecule has 0 unspecified atom stereocenters. The van der Waals surface area contributed by atoms with Crippen LogP contribution in [-0.4, -0.2) is 16.1 Å². The van der Waals surface area contributed by atoms with Crippen LogP contribution in [0.5, 0.6) is 0 Å². The number of aromatic nitrogens is 2. The molecule has 18 heavy (non-hydrogen) atoms. The van der Waals surface area contributed by atoms with Crippen molar-refractivity contribution in [1.29, 1.82) is 0 Å². The van der Waals surface area contributed by atoms with E-state index in [4.69, 9.17) is 11.6 Å². The first-order valence-electron chi connectivity index (χ1n) is 5.46. The molecule has 0 aliphatic heterocycles. The van der Waals surface area contributed by atoms with Gasteiger partial charge in [-0.25, -0.2) is 0 Å². The minimum Gasteiger partial charge on any atom is -0.296 e. The zero-order valence-corrected chi connectivity index (χ0v) is 11.5. The van der Waals surface area contributed by atoms with Gasteiger partial charge in [-0.2, -0.15) is 0 Å². The highest BCUT2D eigenvalue weighted by Crippen LogP contribution is 2.22. The Morgan fingerprint density at radius 2 is 1.94 bits per heavy atom. The maximum Gasteiger partial charge on any atom is 0.257 e. The fourth-order valence-corrected chi connectivity index (χ4v) is 2.16. The zero-order chi connectivity index (χ0) is 13.1. The average Bonchev–Trinajstić information content (AvgIpc) is 2.78. The molecule has 0 fully saturated rings. The van der Waals surface area contributed by atoms with E-state index in [0.717, 1.165) is 5.01 Å². The Kier molecular flexibility index (Phi) is 3.93. The molecule has 1 amide bonds. The van der Waals surface area contributed by atoms with Crippen LogP contribution >= 0.6 is 22.9 Å². The van der Waals surface area contributed by atoms with Crippen LogP contribution in [0.3, 0.4) is 0 Å². The van der Waals surface area contributed by atoms with Crippen molar-refractivity contribution in [2.24, 2.45) is 0 Å². The van der Waals surface area contributed by atoms with Crippen molar-refractivity contribution >= 4 is 34.0 Å². The Morgan fingerprint density at radius 1 is 1.28 bits per heavy atom. The zero-order valence-electron chi connectivity index (χ0n) is 9.98. The molecule has 6 heteroatoms. The standard InChI is InChI=1S/C12H12ClN3OS/c1-7(2)11-15-16-12(18-11)14-10(17)8-3-5-9(13)6-4-8/h3-7H,1-2H3,(H,14,16,17). The molecule has 0 radical (unpaired) electrons. The van der Waals surface area contributed by atoms with Gasteiger partial charge in [0.25, 0.3) is 5.91 Å². The molecule has 0 atom stereocenters. The molecule has 0 saturated carbocycles. The summed E-state index contributed by atoms with van der Waals surface area (Å²) in [7, 11) is 0.